The molecule has 1 saturated carbocycles. The van der Waals surface area contributed by atoms with Crippen LogP contribution < -0.4 is 9.46 Å². The van der Waals surface area contributed by atoms with Crippen LogP contribution in [0.4, 0.5) is 0 Å². The second kappa shape index (κ2) is 10.2. The Kier molecular flexibility index (Phi) is 7.24. The topological polar surface area (TPSA) is 92.7 Å². The molecule has 0 aliphatic heterocycles. The maximum atomic E-state index is 12.2. The second-order valence-corrected chi connectivity index (χ2v) is 11.1. The largest absolute Gasteiger partial charge is 0.493 e. The van der Waals surface area contributed by atoms with Crippen molar-refractivity contribution >= 4 is 26.8 Å². The van der Waals surface area contributed by atoms with Crippen molar-refractivity contribution in [2.45, 2.75) is 43.9 Å². The van der Waals surface area contributed by atoms with Crippen LogP contribution in [0, 0.1) is 11.8 Å². The van der Waals surface area contributed by atoms with Crippen molar-refractivity contribution in [3.63, 3.8) is 0 Å². The van der Waals surface area contributed by atoms with Gasteiger partial charge >= 0.3 is 5.97 Å². The summed E-state index contributed by atoms with van der Waals surface area (Å²) >= 11 is 0. The number of ether oxygens (including phenoxy) is 1. The lowest BCUT2D eigenvalue weighted by Gasteiger charge is -2.17. The molecule has 1 atom stereocenters. The number of carboxylic acids is 1. The third kappa shape index (κ3) is 5.42. The van der Waals surface area contributed by atoms with Crippen LogP contribution in [0.25, 0.3) is 21.9 Å². The molecule has 0 spiro atoms. The van der Waals surface area contributed by atoms with Crippen molar-refractivity contribution in [3.05, 3.63) is 60.2 Å². The summed E-state index contributed by atoms with van der Waals surface area (Å²) in [6, 6.07) is 16.9. The minimum absolute atomic E-state index is 0.223. The molecular formula is C27H31NO5S. The number of aliphatic carboxylic acids is 1. The van der Waals surface area contributed by atoms with Crippen LogP contribution >= 0.6 is 0 Å². The number of sulfonamides is 1. The van der Waals surface area contributed by atoms with Crippen molar-refractivity contribution in [2.75, 3.05) is 13.7 Å². The van der Waals surface area contributed by atoms with E-state index >= 15 is 0 Å². The van der Waals surface area contributed by atoms with Gasteiger partial charge in [0.05, 0.1) is 17.4 Å². The molecule has 0 bridgehead atoms. The van der Waals surface area contributed by atoms with Crippen molar-refractivity contribution < 1.29 is 23.1 Å². The molecule has 3 aromatic rings. The van der Waals surface area contributed by atoms with E-state index in [9.17, 15) is 18.3 Å². The van der Waals surface area contributed by atoms with Crippen LogP contribution in [0.3, 0.4) is 0 Å². The van der Waals surface area contributed by atoms with Crippen LogP contribution in [-0.4, -0.2) is 33.1 Å². The lowest BCUT2D eigenvalue weighted by molar-refractivity contribution is -0.141. The van der Waals surface area contributed by atoms with E-state index in [0.29, 0.717) is 18.9 Å². The van der Waals surface area contributed by atoms with E-state index in [4.69, 9.17) is 4.74 Å². The SMILES string of the molecule is CNS(=O)(=O)c1ccc2cc(-c3cc(CC(C)C(=O)O)ccc3OCC3CCCC3)ccc2c1. The number of hydrogen-bond acceptors (Lipinski definition) is 4. The number of hydrogen-bond donors (Lipinski definition) is 2. The summed E-state index contributed by atoms with van der Waals surface area (Å²) in [6.45, 7) is 2.38. The summed E-state index contributed by atoms with van der Waals surface area (Å²) in [6.07, 6.45) is 5.32. The van der Waals surface area contributed by atoms with Gasteiger partial charge in [0, 0.05) is 5.56 Å². The molecule has 1 unspecified atom stereocenters. The lowest BCUT2D eigenvalue weighted by Crippen LogP contribution is -2.18. The van der Waals surface area contributed by atoms with Gasteiger partial charge in [0.1, 0.15) is 5.75 Å². The minimum Gasteiger partial charge on any atom is -0.493 e. The molecule has 3 aromatic carbocycles. The molecule has 34 heavy (non-hydrogen) atoms. The maximum Gasteiger partial charge on any atom is 0.306 e. The monoisotopic (exact) mass is 481 g/mol. The highest BCUT2D eigenvalue weighted by molar-refractivity contribution is 7.89. The fourth-order valence-corrected chi connectivity index (χ4v) is 5.32. The summed E-state index contributed by atoms with van der Waals surface area (Å²) in [7, 11) is -2.12. The number of carboxylic acid groups (broad SMARTS) is 1. The van der Waals surface area contributed by atoms with Crippen LogP contribution in [0.1, 0.15) is 38.2 Å². The van der Waals surface area contributed by atoms with Gasteiger partial charge in [-0.25, -0.2) is 13.1 Å². The number of rotatable bonds is 9. The molecule has 0 aromatic heterocycles. The van der Waals surface area contributed by atoms with Gasteiger partial charge in [-0.3, -0.25) is 4.79 Å². The van der Waals surface area contributed by atoms with Gasteiger partial charge in [0.15, 0.2) is 0 Å². The highest BCUT2D eigenvalue weighted by Gasteiger charge is 2.19. The van der Waals surface area contributed by atoms with Gasteiger partial charge in [0.25, 0.3) is 0 Å². The molecule has 1 fully saturated rings. The van der Waals surface area contributed by atoms with Crippen LogP contribution in [-0.2, 0) is 21.2 Å². The van der Waals surface area contributed by atoms with E-state index in [-0.39, 0.29) is 4.90 Å². The first-order valence-corrected chi connectivity index (χ1v) is 13.2. The quantitative estimate of drug-likeness (QED) is 0.436. The molecule has 0 amide bonds. The molecule has 1 aliphatic carbocycles. The third-order valence-electron chi connectivity index (χ3n) is 6.66. The van der Waals surface area contributed by atoms with Gasteiger partial charge in [-0.05, 0) is 84.5 Å². The number of benzene rings is 3. The standard InChI is InChI=1S/C27H31NO5S/c1-18(27(29)30)13-20-7-12-26(33-17-19-5-3-4-6-19)25(14-20)23-9-8-22-16-24(34(31,32)28-2)11-10-21(22)15-23/h7-12,14-16,18-19,28H,3-6,13,17H2,1-2H3,(H,29,30). The highest BCUT2D eigenvalue weighted by atomic mass is 32.2. The van der Waals surface area contributed by atoms with E-state index in [1.54, 1.807) is 25.1 Å². The number of carbonyl (C=O) groups is 1. The molecule has 0 heterocycles. The van der Waals surface area contributed by atoms with Crippen molar-refractivity contribution in [2.24, 2.45) is 11.8 Å². The van der Waals surface area contributed by atoms with Crippen molar-refractivity contribution in [1.82, 2.24) is 4.72 Å². The molecule has 0 radical (unpaired) electrons. The van der Waals surface area contributed by atoms with Crippen LogP contribution in [0.5, 0.6) is 5.75 Å². The number of nitrogens with one attached hydrogen (secondary N) is 1. The minimum atomic E-state index is -3.52. The first kappa shape index (κ1) is 24.2. The Balaban J connectivity index is 1.71. The van der Waals surface area contributed by atoms with Gasteiger partial charge in [-0.2, -0.15) is 0 Å². The van der Waals surface area contributed by atoms with E-state index in [1.165, 1.54) is 32.7 Å². The average Bonchev–Trinajstić information content (AvgIpc) is 3.36. The Hall–Kier alpha value is -2.90. The van der Waals surface area contributed by atoms with Gasteiger partial charge in [0.2, 0.25) is 10.0 Å². The van der Waals surface area contributed by atoms with E-state index in [1.807, 2.05) is 36.4 Å². The molecular weight excluding hydrogens is 450 g/mol. The molecule has 6 nitrogen and oxygen atoms in total. The summed E-state index contributed by atoms with van der Waals surface area (Å²) in [4.78, 5) is 11.6. The highest BCUT2D eigenvalue weighted by Crippen LogP contribution is 2.35. The first-order chi connectivity index (χ1) is 16.3. The summed E-state index contributed by atoms with van der Waals surface area (Å²) in [5, 5.41) is 11.1. The van der Waals surface area contributed by atoms with Crippen LogP contribution in [0.2, 0.25) is 0 Å². The second-order valence-electron chi connectivity index (χ2n) is 9.17. The zero-order chi connectivity index (χ0) is 24.3. The Bertz CT molecular complexity index is 1300. The zero-order valence-electron chi connectivity index (χ0n) is 19.6. The summed E-state index contributed by atoms with van der Waals surface area (Å²) in [5.41, 5.74) is 2.80. The smallest absolute Gasteiger partial charge is 0.306 e. The van der Waals surface area contributed by atoms with E-state index in [0.717, 1.165) is 33.2 Å². The van der Waals surface area contributed by atoms with Gasteiger partial charge in [-0.15, -0.1) is 0 Å². The fraction of sp³-hybridized carbons (Fsp3) is 0.370. The van der Waals surface area contributed by atoms with Crippen molar-refractivity contribution in [1.29, 1.82) is 0 Å². The van der Waals surface area contributed by atoms with E-state index < -0.39 is 21.9 Å². The molecule has 4 rings (SSSR count). The predicted octanol–water partition coefficient (Wildman–Crippen LogP) is 5.25. The summed E-state index contributed by atoms with van der Waals surface area (Å²) < 4.78 is 32.9. The molecule has 7 heteroatoms. The Labute approximate surface area is 201 Å². The number of fused-ring (bicyclic) bond motifs is 1. The lowest BCUT2D eigenvalue weighted by atomic mass is 9.95. The molecule has 2 N–H and O–H groups in total. The Morgan fingerprint density at radius 1 is 1.06 bits per heavy atom. The van der Waals surface area contributed by atoms with Crippen LogP contribution in [0.15, 0.2) is 59.5 Å². The fourth-order valence-electron chi connectivity index (χ4n) is 4.56. The van der Waals surface area contributed by atoms with E-state index in [2.05, 4.69) is 4.72 Å². The average molecular weight is 482 g/mol. The summed E-state index contributed by atoms with van der Waals surface area (Å²) in [5.74, 6) is 0.0551. The van der Waals surface area contributed by atoms with Gasteiger partial charge < -0.3 is 9.84 Å². The predicted molar refractivity (Wildman–Crippen MR) is 134 cm³/mol. The molecule has 1 aliphatic rings. The van der Waals surface area contributed by atoms with Crippen molar-refractivity contribution in [3.8, 4) is 16.9 Å². The molecule has 0 saturated heterocycles. The van der Waals surface area contributed by atoms with Gasteiger partial charge in [-0.1, -0.05) is 44.0 Å². The Morgan fingerprint density at radius 3 is 2.47 bits per heavy atom. The maximum absolute atomic E-state index is 12.2. The normalized spacial score (nSPS) is 15.5. The zero-order valence-corrected chi connectivity index (χ0v) is 20.4. The first-order valence-electron chi connectivity index (χ1n) is 11.7. The Morgan fingerprint density at radius 2 is 1.76 bits per heavy atom. The third-order valence-corrected chi connectivity index (χ3v) is 8.07. The molecule has 180 valence electrons.